The molecule has 266 valence electrons. The first-order chi connectivity index (χ1) is 26.8. The zero-order valence-corrected chi connectivity index (χ0v) is 30.9. The summed E-state index contributed by atoms with van der Waals surface area (Å²) in [5.74, 6) is 0.489. The molecule has 0 spiro atoms. The highest BCUT2D eigenvalue weighted by Gasteiger charge is 2.23. The van der Waals surface area contributed by atoms with Gasteiger partial charge >= 0.3 is 0 Å². The molecule has 9 aromatic rings. The molecule has 7 aromatic carbocycles. The van der Waals surface area contributed by atoms with Crippen LogP contribution < -0.4 is 4.90 Å². The second kappa shape index (κ2) is 13.8. The van der Waals surface area contributed by atoms with Crippen molar-refractivity contribution in [2.75, 3.05) is 4.90 Å². The summed E-state index contributed by atoms with van der Waals surface area (Å²) in [6, 6.07) is 58.1. The number of rotatable bonds is 7. The quantitative estimate of drug-likeness (QED) is 0.178. The fourth-order valence-corrected chi connectivity index (χ4v) is 7.39. The molecule has 9 rings (SSSR count). The van der Waals surface area contributed by atoms with Gasteiger partial charge in [0.05, 0.1) is 16.8 Å². The van der Waals surface area contributed by atoms with E-state index in [0.29, 0.717) is 22.6 Å². The van der Waals surface area contributed by atoms with E-state index in [-0.39, 0.29) is 11.2 Å². The lowest BCUT2D eigenvalue weighted by atomic mass is 9.86. The Hall–Kier alpha value is -6.98. The molecule has 5 heteroatoms. The summed E-state index contributed by atoms with van der Waals surface area (Å²) in [5.41, 5.74) is 13.0. The summed E-state index contributed by atoms with van der Waals surface area (Å²) in [6.45, 7) is 6.47. The van der Waals surface area contributed by atoms with Crippen molar-refractivity contribution in [1.29, 1.82) is 0 Å². The third kappa shape index (κ3) is 6.40. The molecular formula is C50H39N3O2. The number of para-hydroxylation sites is 3. The predicted octanol–water partition coefficient (Wildman–Crippen LogP) is 13.5. The van der Waals surface area contributed by atoms with E-state index in [0.717, 1.165) is 66.9 Å². The van der Waals surface area contributed by atoms with Gasteiger partial charge in [-0.3, -0.25) is 4.98 Å². The minimum Gasteiger partial charge on any atom is -0.507 e. The summed E-state index contributed by atoms with van der Waals surface area (Å²) in [5, 5.41) is 12.2. The molecule has 0 aliphatic rings. The Labute approximate surface area is 320 Å². The maximum absolute atomic E-state index is 11.1. The van der Waals surface area contributed by atoms with E-state index >= 15 is 0 Å². The molecule has 0 aliphatic carbocycles. The average molecular weight is 714 g/mol. The summed E-state index contributed by atoms with van der Waals surface area (Å²) in [7, 11) is 0. The number of phenols is 1. The number of aromatic hydroxyl groups is 1. The van der Waals surface area contributed by atoms with E-state index in [4.69, 9.17) is 14.4 Å². The molecule has 2 aromatic heterocycles. The van der Waals surface area contributed by atoms with Crippen molar-refractivity contribution in [2.24, 2.45) is 0 Å². The number of hydrogen-bond acceptors (Lipinski definition) is 5. The SMILES string of the molecule is CC(C)(C)c1ccc(O)c(-c2nc3c(-c4cccc(-c5cccc6c(-c7ccccc7)ccnc56)c4)cc(N(c4ccccc4)c4ccccc4)cc3o2)c1. The van der Waals surface area contributed by atoms with Crippen molar-refractivity contribution in [1.82, 2.24) is 9.97 Å². The van der Waals surface area contributed by atoms with Gasteiger partial charge in [-0.05, 0) is 87.8 Å². The van der Waals surface area contributed by atoms with Crippen molar-refractivity contribution in [3.8, 4) is 50.6 Å². The van der Waals surface area contributed by atoms with Crippen LogP contribution in [0.15, 0.2) is 180 Å². The largest absolute Gasteiger partial charge is 0.507 e. The molecule has 0 atom stereocenters. The molecule has 0 fully saturated rings. The minimum absolute atomic E-state index is 0.122. The molecular weight excluding hydrogens is 675 g/mol. The minimum atomic E-state index is -0.128. The smallest absolute Gasteiger partial charge is 0.231 e. The maximum atomic E-state index is 11.1. The van der Waals surface area contributed by atoms with E-state index in [2.05, 4.69) is 129 Å². The van der Waals surface area contributed by atoms with Crippen molar-refractivity contribution in [3.63, 3.8) is 0 Å². The molecule has 55 heavy (non-hydrogen) atoms. The highest BCUT2D eigenvalue weighted by atomic mass is 16.3. The van der Waals surface area contributed by atoms with Crippen LogP contribution >= 0.6 is 0 Å². The average Bonchev–Trinajstić information content (AvgIpc) is 3.65. The fraction of sp³-hybridized carbons (Fsp3) is 0.0800. The number of phenolic OH excluding ortho intramolecular Hbond substituents is 1. The van der Waals surface area contributed by atoms with E-state index in [1.807, 2.05) is 66.9 Å². The maximum Gasteiger partial charge on any atom is 0.231 e. The van der Waals surface area contributed by atoms with Gasteiger partial charge in [0.2, 0.25) is 5.89 Å². The van der Waals surface area contributed by atoms with Crippen LogP contribution in [0, 0.1) is 0 Å². The molecule has 0 unspecified atom stereocenters. The van der Waals surface area contributed by atoms with Crippen LogP contribution in [0.25, 0.3) is 66.8 Å². The zero-order valence-electron chi connectivity index (χ0n) is 30.9. The molecule has 0 amide bonds. The number of benzene rings is 7. The van der Waals surface area contributed by atoms with E-state index in [1.54, 1.807) is 6.07 Å². The molecule has 2 heterocycles. The van der Waals surface area contributed by atoms with Gasteiger partial charge < -0.3 is 14.4 Å². The Kier molecular flexibility index (Phi) is 8.47. The van der Waals surface area contributed by atoms with Gasteiger partial charge in [0.15, 0.2) is 5.58 Å². The third-order valence-electron chi connectivity index (χ3n) is 10.2. The molecule has 0 aliphatic heterocycles. The van der Waals surface area contributed by atoms with Gasteiger partial charge in [-0.2, -0.15) is 0 Å². The van der Waals surface area contributed by atoms with Gasteiger partial charge in [-0.15, -0.1) is 0 Å². The van der Waals surface area contributed by atoms with Gasteiger partial charge in [0.25, 0.3) is 0 Å². The Morgan fingerprint density at radius 2 is 1.15 bits per heavy atom. The van der Waals surface area contributed by atoms with Crippen molar-refractivity contribution in [2.45, 2.75) is 26.2 Å². The number of anilines is 3. The lowest BCUT2D eigenvalue weighted by Crippen LogP contribution is -2.10. The first-order valence-corrected chi connectivity index (χ1v) is 18.5. The van der Waals surface area contributed by atoms with Gasteiger partial charge in [-0.25, -0.2) is 4.98 Å². The third-order valence-corrected chi connectivity index (χ3v) is 10.2. The van der Waals surface area contributed by atoms with Crippen LogP contribution in [0.1, 0.15) is 26.3 Å². The fourth-order valence-electron chi connectivity index (χ4n) is 7.39. The lowest BCUT2D eigenvalue weighted by Gasteiger charge is -2.26. The standard InChI is InChI=1S/C50H39N3O2/c1-50(2,3)36-25-26-45(54)44(30-36)49-52-48-43(31-39(32-46(48)55-49)53(37-19-9-5-10-20-37)38-21-11-6-12-22-38)35-18-13-17-34(29-35)41-23-14-24-42-40(27-28-51-47(41)42)33-15-7-4-8-16-33/h4-32,54H,1-3H3. The second-order valence-electron chi connectivity index (χ2n) is 14.9. The van der Waals surface area contributed by atoms with Crippen LogP contribution in [0.2, 0.25) is 0 Å². The van der Waals surface area contributed by atoms with Gasteiger partial charge in [-0.1, -0.05) is 130 Å². The normalized spacial score (nSPS) is 11.6. The Morgan fingerprint density at radius 1 is 0.509 bits per heavy atom. The molecule has 0 saturated heterocycles. The number of fused-ring (bicyclic) bond motifs is 2. The lowest BCUT2D eigenvalue weighted by molar-refractivity contribution is 0.473. The van der Waals surface area contributed by atoms with Crippen LogP contribution in [0.3, 0.4) is 0 Å². The molecule has 0 radical (unpaired) electrons. The Balaban J connectivity index is 1.26. The number of aromatic nitrogens is 2. The van der Waals surface area contributed by atoms with E-state index < -0.39 is 0 Å². The summed E-state index contributed by atoms with van der Waals surface area (Å²) >= 11 is 0. The number of hydrogen-bond donors (Lipinski definition) is 1. The molecule has 5 nitrogen and oxygen atoms in total. The zero-order chi connectivity index (χ0) is 37.5. The second-order valence-corrected chi connectivity index (χ2v) is 14.9. The Bertz CT molecular complexity index is 2770. The van der Waals surface area contributed by atoms with Crippen molar-refractivity contribution >= 4 is 39.1 Å². The topological polar surface area (TPSA) is 62.4 Å². The highest BCUT2D eigenvalue weighted by molar-refractivity contribution is 6.03. The van der Waals surface area contributed by atoms with E-state index in [1.165, 1.54) is 0 Å². The monoisotopic (exact) mass is 713 g/mol. The summed E-state index contributed by atoms with van der Waals surface area (Å²) < 4.78 is 6.65. The summed E-state index contributed by atoms with van der Waals surface area (Å²) in [6.07, 6.45) is 1.90. The Morgan fingerprint density at radius 3 is 1.84 bits per heavy atom. The first-order valence-electron chi connectivity index (χ1n) is 18.5. The van der Waals surface area contributed by atoms with Crippen LogP contribution in [-0.4, -0.2) is 15.1 Å². The first kappa shape index (κ1) is 33.8. The van der Waals surface area contributed by atoms with Crippen LogP contribution in [-0.2, 0) is 5.41 Å². The van der Waals surface area contributed by atoms with Crippen molar-refractivity contribution in [3.05, 3.63) is 182 Å². The van der Waals surface area contributed by atoms with Crippen LogP contribution in [0.5, 0.6) is 5.75 Å². The molecule has 1 N–H and O–H groups in total. The summed E-state index contributed by atoms with van der Waals surface area (Å²) in [4.78, 5) is 12.3. The van der Waals surface area contributed by atoms with E-state index in [9.17, 15) is 5.11 Å². The number of nitrogens with zero attached hydrogens (tertiary/aromatic N) is 3. The molecule has 0 bridgehead atoms. The van der Waals surface area contributed by atoms with Crippen LogP contribution in [0.4, 0.5) is 17.1 Å². The number of oxazole rings is 1. The number of pyridine rings is 1. The predicted molar refractivity (Wildman–Crippen MR) is 226 cm³/mol. The molecule has 0 saturated carbocycles. The highest BCUT2D eigenvalue weighted by Crippen LogP contribution is 2.43. The van der Waals surface area contributed by atoms with Gasteiger partial charge in [0.1, 0.15) is 11.3 Å². The van der Waals surface area contributed by atoms with Gasteiger partial charge in [0, 0.05) is 40.2 Å². The van der Waals surface area contributed by atoms with Crippen molar-refractivity contribution < 1.29 is 9.52 Å².